The van der Waals surface area contributed by atoms with E-state index in [4.69, 9.17) is 18.0 Å². The molecule has 0 radical (unpaired) electrons. The van der Waals surface area contributed by atoms with Gasteiger partial charge >= 0.3 is 6.18 Å². The van der Waals surface area contributed by atoms with E-state index in [9.17, 15) is 13.2 Å². The molecule has 4 rings (SSSR count). The number of anilines is 2. The molecule has 1 unspecified atom stereocenters. The number of terminal acetylenes is 1. The first-order chi connectivity index (χ1) is 13.8. The number of halogens is 4. The van der Waals surface area contributed by atoms with E-state index in [1.54, 1.807) is 24.3 Å². The summed E-state index contributed by atoms with van der Waals surface area (Å²) in [7, 11) is 0. The molecule has 0 bridgehead atoms. The molecule has 2 aliphatic rings. The maximum absolute atomic E-state index is 14.4. The highest BCUT2D eigenvalue weighted by Gasteiger charge is 2.58. The van der Waals surface area contributed by atoms with Crippen LogP contribution < -0.4 is 10.6 Å². The minimum atomic E-state index is -4.75. The van der Waals surface area contributed by atoms with Crippen LogP contribution in [0.4, 0.5) is 24.5 Å². The molecule has 1 aliphatic carbocycles. The second kappa shape index (κ2) is 7.06. The van der Waals surface area contributed by atoms with Crippen molar-refractivity contribution in [1.29, 1.82) is 0 Å². The standard InChI is InChI=1S/C22H15ClF3N3/c1-2-14-4-3-5-17(12-14)27-20-28-19-9-8-16(23)13-18(19)21(29-20,22(24,25)26)11-10-15-6-7-15/h1,3-5,8-9,12-13,15H,6-7H2,(H2,27,28,29). The van der Waals surface area contributed by atoms with Crippen LogP contribution in [0.3, 0.4) is 0 Å². The van der Waals surface area contributed by atoms with Crippen LogP contribution in [0.2, 0.25) is 5.02 Å². The summed E-state index contributed by atoms with van der Waals surface area (Å²) in [6.07, 6.45) is 2.26. The first kappa shape index (κ1) is 19.2. The number of nitrogens with one attached hydrogen (secondary N) is 2. The van der Waals surface area contributed by atoms with Crippen LogP contribution in [0, 0.1) is 30.1 Å². The van der Waals surface area contributed by atoms with Gasteiger partial charge in [0, 0.05) is 33.4 Å². The maximum Gasteiger partial charge on any atom is 0.429 e. The summed E-state index contributed by atoms with van der Waals surface area (Å²) in [4.78, 5) is 4.00. The predicted molar refractivity (Wildman–Crippen MR) is 109 cm³/mol. The van der Waals surface area contributed by atoms with E-state index in [2.05, 4.69) is 33.4 Å². The molecule has 1 heterocycles. The number of benzene rings is 2. The smallest absolute Gasteiger partial charge is 0.326 e. The number of aliphatic imine (C=N–C) groups is 1. The van der Waals surface area contributed by atoms with Crippen LogP contribution in [0.25, 0.3) is 0 Å². The Bertz CT molecular complexity index is 1100. The van der Waals surface area contributed by atoms with Gasteiger partial charge in [-0.2, -0.15) is 13.2 Å². The number of rotatable bonds is 1. The summed E-state index contributed by atoms with van der Waals surface area (Å²) in [6.45, 7) is 0. The molecule has 7 heteroatoms. The molecule has 1 fully saturated rings. The van der Waals surface area contributed by atoms with Gasteiger partial charge in [0.25, 0.3) is 0 Å². The summed E-state index contributed by atoms with van der Waals surface area (Å²) in [5.74, 6) is 7.55. The Morgan fingerprint density at radius 2 is 2.00 bits per heavy atom. The van der Waals surface area contributed by atoms with E-state index in [-0.39, 0.29) is 28.2 Å². The van der Waals surface area contributed by atoms with Crippen molar-refractivity contribution in [3.8, 4) is 24.2 Å². The molecule has 0 saturated heterocycles. The highest BCUT2D eigenvalue weighted by Crippen LogP contribution is 2.48. The van der Waals surface area contributed by atoms with Crippen LogP contribution in [-0.4, -0.2) is 12.1 Å². The van der Waals surface area contributed by atoms with Gasteiger partial charge in [-0.05, 0) is 49.2 Å². The summed E-state index contributed by atoms with van der Waals surface area (Å²) in [5, 5.41) is 5.97. The lowest BCUT2D eigenvalue weighted by Crippen LogP contribution is -2.45. The van der Waals surface area contributed by atoms with E-state index < -0.39 is 11.7 Å². The van der Waals surface area contributed by atoms with Crippen molar-refractivity contribution < 1.29 is 13.2 Å². The molecular weight excluding hydrogens is 399 g/mol. The maximum atomic E-state index is 14.4. The number of hydrogen-bond donors (Lipinski definition) is 2. The summed E-state index contributed by atoms with van der Waals surface area (Å²) < 4.78 is 43.1. The highest BCUT2D eigenvalue weighted by molar-refractivity contribution is 6.30. The van der Waals surface area contributed by atoms with Gasteiger partial charge in [0.05, 0.1) is 0 Å². The second-order valence-electron chi connectivity index (χ2n) is 6.88. The largest absolute Gasteiger partial charge is 0.429 e. The molecule has 146 valence electrons. The third-order valence-corrected chi connectivity index (χ3v) is 4.88. The Hall–Kier alpha value is -3.09. The van der Waals surface area contributed by atoms with Crippen molar-refractivity contribution in [2.24, 2.45) is 10.9 Å². The summed E-state index contributed by atoms with van der Waals surface area (Å²) >= 11 is 6.00. The Labute approximate surface area is 171 Å². The number of nitrogens with zero attached hydrogens (tertiary/aromatic N) is 1. The zero-order valence-electron chi connectivity index (χ0n) is 15.1. The molecule has 1 atom stereocenters. The fourth-order valence-electron chi connectivity index (χ4n) is 3.01. The Kier molecular flexibility index (Phi) is 4.68. The SMILES string of the molecule is C#Cc1cccc(NC2=NC(C#CC3CC3)(C(F)(F)F)c3cc(Cl)ccc3N2)c1. The van der Waals surface area contributed by atoms with E-state index in [1.807, 2.05) is 0 Å². The van der Waals surface area contributed by atoms with E-state index in [0.717, 1.165) is 12.8 Å². The molecule has 3 nitrogen and oxygen atoms in total. The van der Waals surface area contributed by atoms with Gasteiger partial charge in [0.2, 0.25) is 11.5 Å². The third kappa shape index (κ3) is 3.77. The average molecular weight is 414 g/mol. The minimum absolute atomic E-state index is 0.0225. The third-order valence-electron chi connectivity index (χ3n) is 4.64. The quantitative estimate of drug-likeness (QED) is 0.615. The van der Waals surface area contributed by atoms with Gasteiger partial charge in [-0.1, -0.05) is 35.4 Å². The molecular formula is C22H15ClF3N3. The molecule has 0 amide bonds. The lowest BCUT2D eigenvalue weighted by atomic mass is 9.87. The number of hydrogen-bond acceptors (Lipinski definition) is 3. The predicted octanol–water partition coefficient (Wildman–Crippen LogP) is 5.39. The van der Waals surface area contributed by atoms with Gasteiger partial charge in [-0.15, -0.1) is 6.42 Å². The Balaban J connectivity index is 1.84. The van der Waals surface area contributed by atoms with Gasteiger partial charge in [0.1, 0.15) is 0 Å². The number of alkyl halides is 3. The number of fused-ring (bicyclic) bond motifs is 1. The van der Waals surface area contributed by atoms with Crippen molar-refractivity contribution in [1.82, 2.24) is 0 Å². The second-order valence-corrected chi connectivity index (χ2v) is 7.31. The number of guanidine groups is 1. The Morgan fingerprint density at radius 3 is 2.69 bits per heavy atom. The van der Waals surface area contributed by atoms with Gasteiger partial charge in [0.15, 0.2) is 0 Å². The van der Waals surface area contributed by atoms with Gasteiger partial charge < -0.3 is 10.6 Å². The van der Waals surface area contributed by atoms with Crippen LogP contribution in [0.15, 0.2) is 47.5 Å². The molecule has 1 aliphatic heterocycles. The first-order valence-corrected chi connectivity index (χ1v) is 9.28. The Morgan fingerprint density at radius 1 is 1.21 bits per heavy atom. The van der Waals surface area contributed by atoms with Crippen molar-refractivity contribution in [2.75, 3.05) is 10.6 Å². The normalized spacial score (nSPS) is 20.3. The van der Waals surface area contributed by atoms with Crippen LogP contribution >= 0.6 is 11.6 Å². The molecule has 0 aromatic heterocycles. The molecule has 29 heavy (non-hydrogen) atoms. The van der Waals surface area contributed by atoms with Crippen molar-refractivity contribution in [2.45, 2.75) is 24.6 Å². The fourth-order valence-corrected chi connectivity index (χ4v) is 3.18. The molecule has 2 N–H and O–H groups in total. The summed E-state index contributed by atoms with van der Waals surface area (Å²) in [6, 6.07) is 11.0. The first-order valence-electron chi connectivity index (χ1n) is 8.91. The van der Waals surface area contributed by atoms with E-state index in [1.165, 1.54) is 18.2 Å². The van der Waals surface area contributed by atoms with Crippen LogP contribution in [-0.2, 0) is 5.54 Å². The lowest BCUT2D eigenvalue weighted by molar-refractivity contribution is -0.170. The van der Waals surface area contributed by atoms with E-state index in [0.29, 0.717) is 11.3 Å². The van der Waals surface area contributed by atoms with Gasteiger partial charge in [-0.3, -0.25) is 0 Å². The summed E-state index contributed by atoms with van der Waals surface area (Å²) in [5.41, 5.74) is -1.49. The van der Waals surface area contributed by atoms with Crippen molar-refractivity contribution in [3.05, 3.63) is 58.6 Å². The topological polar surface area (TPSA) is 36.4 Å². The van der Waals surface area contributed by atoms with Crippen molar-refractivity contribution >= 4 is 28.9 Å². The molecule has 2 aromatic rings. The zero-order chi connectivity index (χ0) is 20.6. The average Bonchev–Trinajstić information content (AvgIpc) is 3.50. The van der Waals surface area contributed by atoms with E-state index >= 15 is 0 Å². The molecule has 2 aromatic carbocycles. The lowest BCUT2D eigenvalue weighted by Gasteiger charge is -2.34. The zero-order valence-corrected chi connectivity index (χ0v) is 15.8. The fraction of sp³-hybridized carbons (Fsp3) is 0.227. The van der Waals surface area contributed by atoms with Crippen LogP contribution in [0.5, 0.6) is 0 Å². The minimum Gasteiger partial charge on any atom is -0.326 e. The molecule has 1 saturated carbocycles. The molecule has 0 spiro atoms. The monoisotopic (exact) mass is 413 g/mol. The van der Waals surface area contributed by atoms with Gasteiger partial charge in [-0.25, -0.2) is 4.99 Å². The van der Waals surface area contributed by atoms with Crippen LogP contribution in [0.1, 0.15) is 24.0 Å². The highest BCUT2D eigenvalue weighted by atomic mass is 35.5. The van der Waals surface area contributed by atoms with Crippen molar-refractivity contribution in [3.63, 3.8) is 0 Å².